The van der Waals surface area contributed by atoms with Gasteiger partial charge in [-0.2, -0.15) is 5.26 Å². The number of anilines is 1. The number of rotatable bonds is 4. The van der Waals surface area contributed by atoms with Gasteiger partial charge in [-0.15, -0.1) is 11.8 Å². The van der Waals surface area contributed by atoms with Crippen LogP contribution in [0.4, 0.5) is 5.69 Å². The van der Waals surface area contributed by atoms with Gasteiger partial charge in [0.25, 0.3) is 0 Å². The maximum Gasteiger partial charge on any atom is 0.102 e. The van der Waals surface area contributed by atoms with Crippen molar-refractivity contribution in [2.45, 2.75) is 23.8 Å². The van der Waals surface area contributed by atoms with E-state index in [4.69, 9.17) is 5.26 Å². The normalized spacial score (nSPS) is 22.6. The molecule has 0 unspecified atom stereocenters. The lowest BCUT2D eigenvalue weighted by molar-refractivity contribution is 0.0487. The van der Waals surface area contributed by atoms with Gasteiger partial charge in [-0.1, -0.05) is 6.07 Å². The Bertz CT molecular complexity index is 436. The number of thioether (sulfide) groups is 1. The fourth-order valence-corrected chi connectivity index (χ4v) is 2.66. The topological polar surface area (TPSA) is 56.0 Å². The Hall–Kier alpha value is -1.18. The van der Waals surface area contributed by atoms with Crippen LogP contribution in [0.3, 0.4) is 0 Å². The Kier molecular flexibility index (Phi) is 3.93. The van der Waals surface area contributed by atoms with Crippen molar-refractivity contribution in [2.75, 3.05) is 18.1 Å². The van der Waals surface area contributed by atoms with Crippen molar-refractivity contribution < 1.29 is 5.11 Å². The van der Waals surface area contributed by atoms with Gasteiger partial charge in [0.15, 0.2) is 0 Å². The number of hydrogen-bond donors (Lipinski definition) is 2. The maximum absolute atomic E-state index is 9.22. The van der Waals surface area contributed by atoms with Crippen molar-refractivity contribution in [1.29, 1.82) is 5.26 Å². The Labute approximate surface area is 106 Å². The Morgan fingerprint density at radius 1 is 1.53 bits per heavy atom. The predicted octanol–water partition coefficient (Wildman–Crippen LogP) is 2.46. The number of benzene rings is 1. The second kappa shape index (κ2) is 5.44. The van der Waals surface area contributed by atoms with Crippen molar-refractivity contribution >= 4 is 17.4 Å². The summed E-state index contributed by atoms with van der Waals surface area (Å²) < 4.78 is 0. The molecule has 1 fully saturated rings. The monoisotopic (exact) mass is 248 g/mol. The summed E-state index contributed by atoms with van der Waals surface area (Å²) >= 11 is 1.59. The van der Waals surface area contributed by atoms with Gasteiger partial charge in [0.05, 0.1) is 17.4 Å². The first-order valence-electron chi connectivity index (χ1n) is 5.73. The van der Waals surface area contributed by atoms with E-state index >= 15 is 0 Å². The molecular formula is C13H16N2OS. The van der Waals surface area contributed by atoms with Gasteiger partial charge in [0.2, 0.25) is 0 Å². The van der Waals surface area contributed by atoms with Crippen molar-refractivity contribution in [3.05, 3.63) is 23.8 Å². The first-order chi connectivity index (χ1) is 8.24. The molecule has 1 aromatic carbocycles. The van der Waals surface area contributed by atoms with Gasteiger partial charge in [0.1, 0.15) is 6.07 Å². The average Bonchev–Trinajstić information content (AvgIpc) is 2.32. The second-order valence-electron chi connectivity index (χ2n) is 4.37. The zero-order valence-electron chi connectivity index (χ0n) is 9.81. The molecule has 1 aliphatic rings. The number of nitriles is 1. The third-order valence-electron chi connectivity index (χ3n) is 3.15. The summed E-state index contributed by atoms with van der Waals surface area (Å²) in [6, 6.07) is 8.11. The summed E-state index contributed by atoms with van der Waals surface area (Å²) in [7, 11) is 0. The second-order valence-corrected chi connectivity index (χ2v) is 5.21. The van der Waals surface area contributed by atoms with E-state index in [1.165, 1.54) is 0 Å². The van der Waals surface area contributed by atoms with Gasteiger partial charge < -0.3 is 10.4 Å². The van der Waals surface area contributed by atoms with Crippen LogP contribution in [0.1, 0.15) is 18.4 Å². The smallest absolute Gasteiger partial charge is 0.102 e. The van der Waals surface area contributed by atoms with E-state index < -0.39 is 0 Å². The van der Waals surface area contributed by atoms with Crippen molar-refractivity contribution in [3.63, 3.8) is 0 Å². The third kappa shape index (κ3) is 2.74. The van der Waals surface area contributed by atoms with E-state index in [1.807, 2.05) is 24.5 Å². The SMILES string of the molecule is CSc1cccc(NCC2CC(O)C2)c1C#N. The molecule has 0 saturated heterocycles. The zero-order chi connectivity index (χ0) is 12.3. The van der Waals surface area contributed by atoms with Crippen LogP contribution in [0.2, 0.25) is 0 Å². The van der Waals surface area contributed by atoms with Gasteiger partial charge >= 0.3 is 0 Å². The van der Waals surface area contributed by atoms with Crippen molar-refractivity contribution in [2.24, 2.45) is 5.92 Å². The van der Waals surface area contributed by atoms with Crippen LogP contribution in [-0.2, 0) is 0 Å². The summed E-state index contributed by atoms with van der Waals surface area (Å²) in [5.41, 5.74) is 1.63. The van der Waals surface area contributed by atoms with E-state index in [2.05, 4.69) is 11.4 Å². The molecule has 0 amide bonds. The molecule has 3 nitrogen and oxygen atoms in total. The van der Waals surface area contributed by atoms with E-state index in [1.54, 1.807) is 11.8 Å². The lowest BCUT2D eigenvalue weighted by atomic mass is 9.82. The summed E-state index contributed by atoms with van der Waals surface area (Å²) in [5, 5.41) is 21.7. The molecule has 1 aromatic rings. The Balaban J connectivity index is 2.03. The maximum atomic E-state index is 9.22. The minimum atomic E-state index is -0.116. The van der Waals surface area contributed by atoms with E-state index in [9.17, 15) is 5.11 Å². The first-order valence-corrected chi connectivity index (χ1v) is 6.96. The molecule has 0 aliphatic heterocycles. The quantitative estimate of drug-likeness (QED) is 0.804. The molecule has 0 spiro atoms. The number of hydrogen-bond acceptors (Lipinski definition) is 4. The fraction of sp³-hybridized carbons (Fsp3) is 0.462. The van der Waals surface area contributed by atoms with Gasteiger partial charge in [-0.3, -0.25) is 0 Å². The molecule has 0 radical (unpaired) electrons. The highest BCUT2D eigenvalue weighted by Crippen LogP contribution is 2.30. The fourth-order valence-electron chi connectivity index (χ4n) is 2.09. The molecule has 90 valence electrons. The third-order valence-corrected chi connectivity index (χ3v) is 3.93. The summed E-state index contributed by atoms with van der Waals surface area (Å²) in [5.74, 6) is 0.537. The molecule has 0 heterocycles. The van der Waals surface area contributed by atoms with E-state index in [0.717, 1.165) is 35.5 Å². The average molecular weight is 248 g/mol. The van der Waals surface area contributed by atoms with Gasteiger partial charge in [0, 0.05) is 11.4 Å². The summed E-state index contributed by atoms with van der Waals surface area (Å²) in [6.07, 6.45) is 3.60. The molecule has 0 atom stereocenters. The van der Waals surface area contributed by atoms with Crippen LogP contribution in [-0.4, -0.2) is 24.0 Å². The highest BCUT2D eigenvalue weighted by molar-refractivity contribution is 7.98. The molecule has 2 rings (SSSR count). The predicted molar refractivity (Wildman–Crippen MR) is 70.2 cm³/mol. The Morgan fingerprint density at radius 3 is 2.88 bits per heavy atom. The lowest BCUT2D eigenvalue weighted by Gasteiger charge is -2.31. The van der Waals surface area contributed by atoms with E-state index in [-0.39, 0.29) is 6.10 Å². The van der Waals surface area contributed by atoms with Crippen LogP contribution in [0, 0.1) is 17.2 Å². The molecule has 4 heteroatoms. The minimum Gasteiger partial charge on any atom is -0.393 e. The Morgan fingerprint density at radius 2 is 2.29 bits per heavy atom. The van der Waals surface area contributed by atoms with Crippen LogP contribution in [0.25, 0.3) is 0 Å². The largest absolute Gasteiger partial charge is 0.393 e. The minimum absolute atomic E-state index is 0.116. The number of aliphatic hydroxyl groups is 1. The van der Waals surface area contributed by atoms with Crippen molar-refractivity contribution in [1.82, 2.24) is 0 Å². The molecule has 17 heavy (non-hydrogen) atoms. The summed E-state index contributed by atoms with van der Waals surface area (Å²) in [4.78, 5) is 1.01. The van der Waals surface area contributed by atoms with Crippen LogP contribution >= 0.6 is 11.8 Å². The highest BCUT2D eigenvalue weighted by atomic mass is 32.2. The summed E-state index contributed by atoms with van der Waals surface area (Å²) in [6.45, 7) is 0.837. The number of nitrogens with zero attached hydrogens (tertiary/aromatic N) is 1. The molecule has 0 bridgehead atoms. The zero-order valence-corrected chi connectivity index (χ0v) is 10.6. The molecule has 2 N–H and O–H groups in total. The molecule has 1 aliphatic carbocycles. The van der Waals surface area contributed by atoms with Crippen molar-refractivity contribution in [3.8, 4) is 6.07 Å². The highest BCUT2D eigenvalue weighted by Gasteiger charge is 2.26. The molecular weight excluding hydrogens is 232 g/mol. The van der Waals surface area contributed by atoms with Crippen LogP contribution < -0.4 is 5.32 Å². The number of aliphatic hydroxyl groups excluding tert-OH is 1. The van der Waals surface area contributed by atoms with Crippen LogP contribution in [0.5, 0.6) is 0 Å². The van der Waals surface area contributed by atoms with Gasteiger partial charge in [-0.25, -0.2) is 0 Å². The van der Waals surface area contributed by atoms with Crippen LogP contribution in [0.15, 0.2) is 23.1 Å². The molecule has 0 aromatic heterocycles. The molecule has 1 saturated carbocycles. The first kappa shape index (κ1) is 12.3. The standard InChI is InChI=1S/C13H16N2OS/c1-17-13-4-2-3-12(11(13)7-14)15-8-9-5-10(16)6-9/h2-4,9-10,15-16H,5-6,8H2,1H3. The number of nitrogens with one attached hydrogen (secondary N) is 1. The van der Waals surface area contributed by atoms with Gasteiger partial charge in [-0.05, 0) is 37.1 Å². The lowest BCUT2D eigenvalue weighted by Crippen LogP contribution is -2.33. The van der Waals surface area contributed by atoms with E-state index in [0.29, 0.717) is 5.92 Å².